The van der Waals surface area contributed by atoms with Crippen LogP contribution in [0.15, 0.2) is 29.2 Å². The van der Waals surface area contributed by atoms with Crippen LogP contribution in [0, 0.1) is 0 Å². The molecule has 2 rings (SSSR count). The molecule has 2 aromatic rings. The third-order valence-electron chi connectivity index (χ3n) is 3.47. The summed E-state index contributed by atoms with van der Waals surface area (Å²) in [4.78, 5) is 22.3. The summed E-state index contributed by atoms with van der Waals surface area (Å²) >= 11 is 5.92. The summed E-state index contributed by atoms with van der Waals surface area (Å²) in [7, 11) is -3.78. The lowest BCUT2D eigenvalue weighted by Gasteiger charge is -2.09. The summed E-state index contributed by atoms with van der Waals surface area (Å²) in [6, 6.07) is 5.73. The topological polar surface area (TPSA) is 191 Å². The molecule has 1 aromatic carbocycles. The molecule has 0 aliphatic heterocycles. The van der Waals surface area contributed by atoms with Crippen LogP contribution >= 0.6 is 11.6 Å². The molecule has 0 bridgehead atoms. The van der Waals surface area contributed by atoms with Crippen LogP contribution < -0.4 is 21.1 Å². The summed E-state index contributed by atoms with van der Waals surface area (Å²) in [6.45, 7) is 1.88. The number of nitrogens with one attached hydrogen (secondary N) is 3. The third kappa shape index (κ3) is 9.71. The molecular weight excluding hydrogens is 454 g/mol. The first-order chi connectivity index (χ1) is 14.7. The van der Waals surface area contributed by atoms with Crippen LogP contribution in [0.5, 0.6) is 0 Å². The zero-order valence-electron chi connectivity index (χ0n) is 16.2. The second kappa shape index (κ2) is 12.2. The molecule has 0 saturated heterocycles. The van der Waals surface area contributed by atoms with Crippen molar-refractivity contribution >= 4 is 45.3 Å². The Labute approximate surface area is 183 Å². The van der Waals surface area contributed by atoms with Crippen LogP contribution in [-0.2, 0) is 19.5 Å². The molecule has 0 aliphatic rings. The van der Waals surface area contributed by atoms with Crippen molar-refractivity contribution in [1.82, 2.24) is 20.3 Å². The van der Waals surface area contributed by atoms with E-state index in [1.807, 2.05) is 0 Å². The quantitative estimate of drug-likeness (QED) is 0.255. The standard InChI is InChI=1S/C16H22ClN7O6S/c17-13-22-14(19-5-7-29-9-10-30-8-6-20-16(25)26)24-15(23-13)21-11-1-3-12(4-2-11)31(18,27)28/h1-4,20H,5-10H2,(H,25,26)(H2,18,27,28)(H2,19,21,22,23,24). The van der Waals surface area contributed by atoms with E-state index >= 15 is 0 Å². The lowest BCUT2D eigenvalue weighted by molar-refractivity contribution is 0.0527. The summed E-state index contributed by atoms with van der Waals surface area (Å²) in [5, 5.41) is 21.5. The second-order valence-corrected chi connectivity index (χ2v) is 7.73. The van der Waals surface area contributed by atoms with Crippen LogP contribution in [-0.4, -0.2) is 74.1 Å². The molecular formula is C16H22ClN7O6S. The van der Waals surface area contributed by atoms with Gasteiger partial charge in [0.2, 0.25) is 27.2 Å². The number of primary sulfonamides is 1. The highest BCUT2D eigenvalue weighted by atomic mass is 35.5. The Morgan fingerprint density at radius 2 is 1.61 bits per heavy atom. The number of amides is 1. The van der Waals surface area contributed by atoms with Gasteiger partial charge < -0.3 is 30.5 Å². The molecule has 6 N–H and O–H groups in total. The smallest absolute Gasteiger partial charge is 0.404 e. The van der Waals surface area contributed by atoms with Crippen molar-refractivity contribution in [3.8, 4) is 0 Å². The van der Waals surface area contributed by atoms with Crippen molar-refractivity contribution in [3.63, 3.8) is 0 Å². The van der Waals surface area contributed by atoms with Crippen molar-refractivity contribution < 1.29 is 27.8 Å². The lowest BCUT2D eigenvalue weighted by atomic mass is 10.3. The number of carboxylic acid groups (broad SMARTS) is 1. The Kier molecular flexibility index (Phi) is 9.61. The zero-order valence-corrected chi connectivity index (χ0v) is 17.8. The number of benzene rings is 1. The maximum atomic E-state index is 11.3. The molecule has 0 unspecified atom stereocenters. The number of hydrogen-bond acceptors (Lipinski definition) is 10. The van der Waals surface area contributed by atoms with Crippen molar-refractivity contribution in [2.24, 2.45) is 5.14 Å². The number of ether oxygens (including phenoxy) is 2. The molecule has 0 radical (unpaired) electrons. The van der Waals surface area contributed by atoms with Gasteiger partial charge in [-0.1, -0.05) is 0 Å². The van der Waals surface area contributed by atoms with Gasteiger partial charge in [-0.05, 0) is 35.9 Å². The zero-order chi connectivity index (χ0) is 22.7. The van der Waals surface area contributed by atoms with Crippen LogP contribution in [0.3, 0.4) is 0 Å². The normalized spacial score (nSPS) is 11.2. The van der Waals surface area contributed by atoms with E-state index in [4.69, 9.17) is 31.3 Å². The van der Waals surface area contributed by atoms with Crippen LogP contribution in [0.2, 0.25) is 5.28 Å². The minimum absolute atomic E-state index is 0.0172. The van der Waals surface area contributed by atoms with Gasteiger partial charge in [0.1, 0.15) is 0 Å². The average molecular weight is 476 g/mol. The highest BCUT2D eigenvalue weighted by Gasteiger charge is 2.09. The van der Waals surface area contributed by atoms with E-state index in [0.29, 0.717) is 32.1 Å². The van der Waals surface area contributed by atoms with Crippen molar-refractivity contribution in [2.75, 3.05) is 50.2 Å². The Bertz CT molecular complexity index is 961. The van der Waals surface area contributed by atoms with E-state index in [1.165, 1.54) is 24.3 Å². The van der Waals surface area contributed by atoms with E-state index in [1.54, 1.807) is 0 Å². The first-order valence-electron chi connectivity index (χ1n) is 8.91. The highest BCUT2D eigenvalue weighted by Crippen LogP contribution is 2.17. The number of aromatic nitrogens is 3. The molecule has 1 heterocycles. The van der Waals surface area contributed by atoms with Gasteiger partial charge >= 0.3 is 6.09 Å². The third-order valence-corrected chi connectivity index (χ3v) is 4.57. The Morgan fingerprint density at radius 1 is 1.00 bits per heavy atom. The summed E-state index contributed by atoms with van der Waals surface area (Å²) in [6.07, 6.45) is -1.09. The van der Waals surface area contributed by atoms with Gasteiger partial charge in [-0.25, -0.2) is 18.4 Å². The summed E-state index contributed by atoms with van der Waals surface area (Å²) in [5.41, 5.74) is 0.530. The fourth-order valence-corrected chi connectivity index (χ4v) is 2.80. The molecule has 170 valence electrons. The van der Waals surface area contributed by atoms with E-state index in [9.17, 15) is 13.2 Å². The fraction of sp³-hybridized carbons (Fsp3) is 0.375. The van der Waals surface area contributed by atoms with Crippen LogP contribution in [0.4, 0.5) is 22.4 Å². The molecule has 0 saturated carbocycles. The van der Waals surface area contributed by atoms with E-state index in [0.717, 1.165) is 0 Å². The van der Waals surface area contributed by atoms with Gasteiger partial charge in [0.25, 0.3) is 0 Å². The van der Waals surface area contributed by atoms with E-state index < -0.39 is 16.1 Å². The fourth-order valence-electron chi connectivity index (χ4n) is 2.13. The van der Waals surface area contributed by atoms with E-state index in [2.05, 4.69) is 30.9 Å². The predicted molar refractivity (Wildman–Crippen MR) is 112 cm³/mol. The molecule has 0 atom stereocenters. The molecule has 1 aromatic heterocycles. The maximum Gasteiger partial charge on any atom is 0.404 e. The van der Waals surface area contributed by atoms with Gasteiger partial charge in [0.15, 0.2) is 0 Å². The Hall–Kier alpha value is -2.78. The second-order valence-electron chi connectivity index (χ2n) is 5.83. The van der Waals surface area contributed by atoms with E-state index in [-0.39, 0.29) is 35.2 Å². The molecule has 0 aliphatic carbocycles. The average Bonchev–Trinajstić information content (AvgIpc) is 2.68. The van der Waals surface area contributed by atoms with Crippen molar-refractivity contribution in [1.29, 1.82) is 0 Å². The number of anilines is 3. The minimum Gasteiger partial charge on any atom is -0.465 e. The lowest BCUT2D eigenvalue weighted by Crippen LogP contribution is -2.25. The number of sulfonamides is 1. The predicted octanol–water partition coefficient (Wildman–Crippen LogP) is 0.629. The SMILES string of the molecule is NS(=O)(=O)c1ccc(Nc2nc(Cl)nc(NCCOCCOCCNC(=O)O)n2)cc1. The van der Waals surface area contributed by atoms with Gasteiger partial charge in [0, 0.05) is 18.8 Å². The van der Waals surface area contributed by atoms with Gasteiger partial charge in [0.05, 0.1) is 31.3 Å². The number of rotatable bonds is 13. The van der Waals surface area contributed by atoms with Crippen molar-refractivity contribution in [3.05, 3.63) is 29.5 Å². The molecule has 1 amide bonds. The molecule has 15 heteroatoms. The van der Waals surface area contributed by atoms with Crippen LogP contribution in [0.1, 0.15) is 0 Å². The molecule has 13 nitrogen and oxygen atoms in total. The Morgan fingerprint density at radius 3 is 2.23 bits per heavy atom. The van der Waals surface area contributed by atoms with Crippen LogP contribution in [0.25, 0.3) is 0 Å². The number of nitrogens with zero attached hydrogens (tertiary/aromatic N) is 3. The first-order valence-corrected chi connectivity index (χ1v) is 10.8. The minimum atomic E-state index is -3.78. The number of hydrogen-bond donors (Lipinski definition) is 5. The van der Waals surface area contributed by atoms with Crippen molar-refractivity contribution in [2.45, 2.75) is 4.90 Å². The summed E-state index contributed by atoms with van der Waals surface area (Å²) < 4.78 is 33.2. The largest absolute Gasteiger partial charge is 0.465 e. The molecule has 0 spiro atoms. The molecule has 31 heavy (non-hydrogen) atoms. The highest BCUT2D eigenvalue weighted by molar-refractivity contribution is 7.89. The number of carbonyl (C=O) groups is 1. The molecule has 0 fully saturated rings. The summed E-state index contributed by atoms with van der Waals surface area (Å²) in [5.74, 6) is 0.387. The first kappa shape index (κ1) is 24.5. The van der Waals surface area contributed by atoms with Gasteiger partial charge in [-0.15, -0.1) is 0 Å². The number of nitrogens with two attached hydrogens (primary N) is 1. The monoisotopic (exact) mass is 475 g/mol. The van der Waals surface area contributed by atoms with Gasteiger partial charge in [-0.3, -0.25) is 0 Å². The Balaban J connectivity index is 1.73. The number of halogens is 1. The maximum absolute atomic E-state index is 11.3. The van der Waals surface area contributed by atoms with Gasteiger partial charge in [-0.2, -0.15) is 15.0 Å².